The molecule has 1 rings (SSSR count). The number of hydrogen-bond acceptors (Lipinski definition) is 7. The van der Waals surface area contributed by atoms with Crippen LogP contribution >= 0.6 is 0 Å². The molecule has 0 heterocycles. The van der Waals surface area contributed by atoms with Gasteiger partial charge in [0.25, 0.3) is 0 Å². The molecule has 1 amide bonds. The van der Waals surface area contributed by atoms with Crippen LogP contribution in [0.4, 0.5) is 0 Å². The van der Waals surface area contributed by atoms with E-state index in [0.717, 1.165) is 19.3 Å². The Bertz CT molecular complexity index is 376. The summed E-state index contributed by atoms with van der Waals surface area (Å²) in [4.78, 5) is 13.6. The summed E-state index contributed by atoms with van der Waals surface area (Å²) in [6.07, 6.45) is 0.430. The molecule has 4 unspecified atom stereocenters. The van der Waals surface area contributed by atoms with Gasteiger partial charge in [-0.1, -0.05) is 32.1 Å². The maximum absolute atomic E-state index is 12.4. The van der Waals surface area contributed by atoms with Gasteiger partial charge in [-0.2, -0.15) is 0 Å². The number of rotatable bonds is 11. The zero-order chi connectivity index (χ0) is 18.8. The van der Waals surface area contributed by atoms with Crippen LogP contribution in [0.15, 0.2) is 0 Å². The van der Waals surface area contributed by atoms with Crippen LogP contribution in [0.3, 0.4) is 0 Å². The summed E-state index contributed by atoms with van der Waals surface area (Å²) in [5.41, 5.74) is 0. The summed E-state index contributed by atoms with van der Waals surface area (Å²) in [5, 5.41) is 56.7. The van der Waals surface area contributed by atoms with Crippen molar-refractivity contribution in [3.8, 4) is 0 Å². The van der Waals surface area contributed by atoms with Crippen molar-refractivity contribution in [1.82, 2.24) is 4.90 Å². The first-order valence-corrected chi connectivity index (χ1v) is 9.12. The van der Waals surface area contributed by atoms with Gasteiger partial charge < -0.3 is 35.5 Å². The van der Waals surface area contributed by atoms with Gasteiger partial charge in [-0.25, -0.2) is 0 Å². The maximum Gasteiger partial charge on any atom is 0.222 e. The summed E-state index contributed by atoms with van der Waals surface area (Å²) in [6, 6.07) is 0. The van der Waals surface area contributed by atoms with Crippen LogP contribution in [0, 0.1) is 5.92 Å². The van der Waals surface area contributed by atoms with Crippen molar-refractivity contribution >= 4 is 5.91 Å². The monoisotopic (exact) mass is 363 g/mol. The fraction of sp³-hybridized carbons (Fsp3) is 0.941. The summed E-state index contributed by atoms with van der Waals surface area (Å²) in [7, 11) is 0. The molecule has 8 nitrogen and oxygen atoms in total. The van der Waals surface area contributed by atoms with Crippen LogP contribution in [0.1, 0.15) is 44.9 Å². The average molecular weight is 363 g/mol. The van der Waals surface area contributed by atoms with Crippen molar-refractivity contribution in [2.75, 3.05) is 26.3 Å². The van der Waals surface area contributed by atoms with Gasteiger partial charge in [-0.15, -0.1) is 0 Å². The zero-order valence-corrected chi connectivity index (χ0v) is 14.7. The molecule has 0 bridgehead atoms. The van der Waals surface area contributed by atoms with Gasteiger partial charge in [-0.05, 0) is 12.3 Å². The van der Waals surface area contributed by atoms with Crippen molar-refractivity contribution in [3.05, 3.63) is 0 Å². The molecular weight excluding hydrogens is 330 g/mol. The Morgan fingerprint density at radius 1 is 0.960 bits per heavy atom. The minimum atomic E-state index is -1.73. The van der Waals surface area contributed by atoms with Crippen LogP contribution in [0.2, 0.25) is 0 Å². The van der Waals surface area contributed by atoms with E-state index >= 15 is 0 Å². The highest BCUT2D eigenvalue weighted by atomic mass is 16.4. The van der Waals surface area contributed by atoms with Crippen molar-refractivity contribution in [2.45, 2.75) is 69.4 Å². The highest BCUT2D eigenvalue weighted by Crippen LogP contribution is 2.27. The Kier molecular flexibility index (Phi) is 10.5. The second-order valence-electron chi connectivity index (χ2n) is 6.90. The van der Waals surface area contributed by atoms with E-state index in [0.29, 0.717) is 12.3 Å². The van der Waals surface area contributed by atoms with Gasteiger partial charge in [0.15, 0.2) is 0 Å². The van der Waals surface area contributed by atoms with Crippen LogP contribution in [0.5, 0.6) is 0 Å². The summed E-state index contributed by atoms with van der Waals surface area (Å²) in [6.45, 7) is -1.28. The third kappa shape index (κ3) is 7.55. The molecule has 0 spiro atoms. The largest absolute Gasteiger partial charge is 0.395 e. The van der Waals surface area contributed by atoms with Gasteiger partial charge >= 0.3 is 0 Å². The molecule has 1 aliphatic carbocycles. The van der Waals surface area contributed by atoms with Crippen molar-refractivity contribution in [3.63, 3.8) is 0 Å². The number of aliphatic hydroxyl groups excluding tert-OH is 6. The Hall–Kier alpha value is -0.770. The standard InChI is InChI=1S/C17H33NO7/c19-9-8-18(10-13(21)16(24)17(25)14(22)11-20)15(23)7-6-12-4-2-1-3-5-12/h12-14,16-17,19-22,24-25H,1-11H2. The minimum Gasteiger partial charge on any atom is -0.395 e. The lowest BCUT2D eigenvalue weighted by atomic mass is 9.86. The van der Waals surface area contributed by atoms with Crippen molar-refractivity contribution in [1.29, 1.82) is 0 Å². The van der Waals surface area contributed by atoms with Gasteiger partial charge in [0.1, 0.15) is 24.4 Å². The van der Waals surface area contributed by atoms with E-state index in [2.05, 4.69) is 0 Å². The first kappa shape index (κ1) is 22.3. The molecule has 1 saturated carbocycles. The highest BCUT2D eigenvalue weighted by molar-refractivity contribution is 5.76. The molecule has 148 valence electrons. The number of hydrogen-bond donors (Lipinski definition) is 6. The Morgan fingerprint density at radius 3 is 2.12 bits per heavy atom. The van der Waals surface area contributed by atoms with Crippen LogP contribution < -0.4 is 0 Å². The molecule has 0 aromatic rings. The van der Waals surface area contributed by atoms with E-state index in [1.54, 1.807) is 0 Å². The number of aliphatic hydroxyl groups is 6. The summed E-state index contributed by atoms with van der Waals surface area (Å²) < 4.78 is 0. The lowest BCUT2D eigenvalue weighted by Crippen LogP contribution is -2.51. The Balaban J connectivity index is 2.51. The predicted molar refractivity (Wildman–Crippen MR) is 90.6 cm³/mol. The van der Waals surface area contributed by atoms with Crippen LogP contribution in [0.25, 0.3) is 0 Å². The Morgan fingerprint density at radius 2 is 1.56 bits per heavy atom. The highest BCUT2D eigenvalue weighted by Gasteiger charge is 2.32. The first-order valence-electron chi connectivity index (χ1n) is 9.12. The smallest absolute Gasteiger partial charge is 0.222 e. The quantitative estimate of drug-likeness (QED) is 0.265. The van der Waals surface area contributed by atoms with Crippen molar-refractivity contribution < 1.29 is 35.4 Å². The molecule has 25 heavy (non-hydrogen) atoms. The molecule has 8 heteroatoms. The number of nitrogens with zero attached hydrogens (tertiary/aromatic N) is 1. The molecule has 0 radical (unpaired) electrons. The van der Waals surface area contributed by atoms with Crippen LogP contribution in [-0.4, -0.2) is 92.2 Å². The molecule has 0 saturated heterocycles. The van der Waals surface area contributed by atoms with Crippen LogP contribution in [-0.2, 0) is 4.79 Å². The number of carbonyl (C=O) groups is 1. The third-order valence-electron chi connectivity index (χ3n) is 4.95. The van der Waals surface area contributed by atoms with E-state index in [1.165, 1.54) is 24.2 Å². The molecule has 0 aromatic carbocycles. The minimum absolute atomic E-state index is 0.0198. The Labute approximate surface area is 148 Å². The molecule has 1 fully saturated rings. The second-order valence-corrected chi connectivity index (χ2v) is 6.90. The third-order valence-corrected chi connectivity index (χ3v) is 4.95. The van der Waals surface area contributed by atoms with Gasteiger partial charge in [0, 0.05) is 19.5 Å². The number of amides is 1. The number of carbonyl (C=O) groups excluding carboxylic acids is 1. The fourth-order valence-electron chi connectivity index (χ4n) is 3.30. The van der Waals surface area contributed by atoms with E-state index in [9.17, 15) is 25.2 Å². The van der Waals surface area contributed by atoms with E-state index < -0.39 is 31.0 Å². The SMILES string of the molecule is O=C(CCC1CCCCC1)N(CCO)CC(O)C(O)C(O)C(O)CO. The maximum atomic E-state index is 12.4. The lowest BCUT2D eigenvalue weighted by molar-refractivity contribution is -0.140. The first-order chi connectivity index (χ1) is 11.9. The van der Waals surface area contributed by atoms with E-state index in [-0.39, 0.29) is 25.6 Å². The average Bonchev–Trinajstić information content (AvgIpc) is 2.64. The molecular formula is C17H33NO7. The van der Waals surface area contributed by atoms with Gasteiger partial charge in [-0.3, -0.25) is 4.79 Å². The molecule has 0 aromatic heterocycles. The predicted octanol–water partition coefficient (Wildman–Crippen LogP) is -1.40. The van der Waals surface area contributed by atoms with Gasteiger partial charge in [0.2, 0.25) is 5.91 Å². The molecule has 0 aliphatic heterocycles. The molecule has 1 aliphatic rings. The topological polar surface area (TPSA) is 142 Å². The normalized spacial score (nSPS) is 20.7. The van der Waals surface area contributed by atoms with E-state index in [4.69, 9.17) is 10.2 Å². The summed E-state index contributed by atoms with van der Waals surface area (Å²) >= 11 is 0. The molecule has 4 atom stereocenters. The van der Waals surface area contributed by atoms with E-state index in [1.807, 2.05) is 0 Å². The van der Waals surface area contributed by atoms with Crippen molar-refractivity contribution in [2.24, 2.45) is 5.92 Å². The lowest BCUT2D eigenvalue weighted by Gasteiger charge is -2.30. The summed E-state index contributed by atoms with van der Waals surface area (Å²) in [5.74, 6) is 0.314. The molecule has 6 N–H and O–H groups in total. The second kappa shape index (κ2) is 11.8. The fourth-order valence-corrected chi connectivity index (χ4v) is 3.30. The zero-order valence-electron chi connectivity index (χ0n) is 14.7. The van der Waals surface area contributed by atoms with Gasteiger partial charge in [0.05, 0.1) is 13.2 Å².